The topological polar surface area (TPSA) is 86.5 Å². The molecular formula is C32H31F5N6O2. The van der Waals surface area contributed by atoms with E-state index in [0.717, 1.165) is 23.3 Å². The van der Waals surface area contributed by atoms with Gasteiger partial charge in [-0.15, -0.1) is 0 Å². The lowest BCUT2D eigenvalue weighted by atomic mass is 9.92. The van der Waals surface area contributed by atoms with Gasteiger partial charge >= 0.3 is 6.18 Å². The minimum Gasteiger partial charge on any atom is -0.382 e. The fourth-order valence-corrected chi connectivity index (χ4v) is 5.34. The second kappa shape index (κ2) is 13.2. The van der Waals surface area contributed by atoms with E-state index >= 15 is 0 Å². The lowest BCUT2D eigenvalue weighted by Crippen LogP contribution is -2.52. The van der Waals surface area contributed by atoms with Gasteiger partial charge in [0.25, 0.3) is 0 Å². The number of carbonyl (C=O) groups is 1. The third kappa shape index (κ3) is 7.91. The minimum atomic E-state index is -4.69. The fraction of sp³-hybridized carbons (Fsp3) is 0.281. The SMILES string of the molecule is Cc1ccc(/C=C/C(=O)Nc2ccc(N3CCN(CC(O)(Cn4cncn4)c4ccc(F)cc4F)CC3)c(C(F)(F)F)c2)cc1. The summed E-state index contributed by atoms with van der Waals surface area (Å²) in [5, 5.41) is 18.1. The molecule has 2 heterocycles. The number of carbonyl (C=O) groups excluding carboxylic acids is 1. The molecule has 1 unspecified atom stereocenters. The Labute approximate surface area is 256 Å². The Balaban J connectivity index is 1.28. The Morgan fingerprint density at radius 1 is 0.956 bits per heavy atom. The van der Waals surface area contributed by atoms with E-state index in [2.05, 4.69) is 15.4 Å². The van der Waals surface area contributed by atoms with Gasteiger partial charge in [0.1, 0.15) is 29.9 Å². The van der Waals surface area contributed by atoms with Crippen LogP contribution in [0.4, 0.5) is 33.3 Å². The summed E-state index contributed by atoms with van der Waals surface area (Å²) in [5.41, 5.74) is -1.07. The number of alkyl halides is 3. The lowest BCUT2D eigenvalue weighted by molar-refractivity contribution is -0.137. The van der Waals surface area contributed by atoms with E-state index in [1.807, 2.05) is 31.2 Å². The van der Waals surface area contributed by atoms with Crippen LogP contribution in [0.5, 0.6) is 0 Å². The number of aromatic nitrogens is 3. The minimum absolute atomic E-state index is 0.00256. The van der Waals surface area contributed by atoms with E-state index in [9.17, 15) is 31.9 Å². The maximum absolute atomic E-state index is 14.8. The van der Waals surface area contributed by atoms with Crippen molar-refractivity contribution in [2.24, 2.45) is 0 Å². The molecule has 0 spiro atoms. The van der Waals surface area contributed by atoms with E-state index in [0.29, 0.717) is 6.07 Å². The van der Waals surface area contributed by atoms with Crippen molar-refractivity contribution >= 4 is 23.4 Å². The predicted molar refractivity (Wildman–Crippen MR) is 159 cm³/mol. The number of halogens is 5. The van der Waals surface area contributed by atoms with Crippen LogP contribution in [0, 0.1) is 18.6 Å². The highest BCUT2D eigenvalue weighted by molar-refractivity contribution is 6.02. The van der Waals surface area contributed by atoms with Gasteiger partial charge in [0.05, 0.1) is 12.1 Å². The first-order chi connectivity index (χ1) is 21.4. The highest BCUT2D eigenvalue weighted by Crippen LogP contribution is 2.39. The van der Waals surface area contributed by atoms with Gasteiger partial charge in [-0.3, -0.25) is 9.69 Å². The number of nitrogens with zero attached hydrogens (tertiary/aromatic N) is 5. The molecule has 2 N–H and O–H groups in total. The summed E-state index contributed by atoms with van der Waals surface area (Å²) in [6.07, 6.45) is 0.757. The first-order valence-electron chi connectivity index (χ1n) is 14.1. The molecule has 1 aliphatic heterocycles. The highest BCUT2D eigenvalue weighted by atomic mass is 19.4. The molecule has 1 amide bonds. The smallest absolute Gasteiger partial charge is 0.382 e. The molecule has 3 aromatic carbocycles. The molecule has 8 nitrogen and oxygen atoms in total. The Hall–Kier alpha value is -4.62. The number of hydrogen-bond acceptors (Lipinski definition) is 6. The number of benzene rings is 3. The zero-order valence-electron chi connectivity index (χ0n) is 24.3. The molecule has 1 fully saturated rings. The second-order valence-corrected chi connectivity index (χ2v) is 11.0. The molecule has 45 heavy (non-hydrogen) atoms. The molecule has 1 aromatic heterocycles. The van der Waals surface area contributed by atoms with Gasteiger partial charge in [-0.05, 0) is 42.8 Å². The lowest BCUT2D eigenvalue weighted by Gasteiger charge is -2.41. The number of amides is 1. The van der Waals surface area contributed by atoms with Crippen LogP contribution in [0.2, 0.25) is 0 Å². The van der Waals surface area contributed by atoms with Crippen LogP contribution < -0.4 is 10.2 Å². The van der Waals surface area contributed by atoms with Crippen LogP contribution in [-0.4, -0.2) is 63.4 Å². The van der Waals surface area contributed by atoms with Crippen molar-refractivity contribution in [1.82, 2.24) is 19.7 Å². The standard InChI is InChI=1S/C32H31F5N6O2/c1-22-2-4-23(5-3-22)6-11-30(44)40-25-8-10-29(27(17-25)32(35,36)37)42-14-12-41(13-15-42)18-31(45,19-43-21-38-20-39-43)26-9-7-24(33)16-28(26)34/h2-11,16-17,20-21,45H,12-15,18-19H2,1H3,(H,40,44)/b11-6+. The number of hydrogen-bond donors (Lipinski definition) is 2. The molecule has 1 saturated heterocycles. The normalized spacial score (nSPS) is 15.8. The van der Waals surface area contributed by atoms with E-state index < -0.39 is 34.9 Å². The number of nitrogens with one attached hydrogen (secondary N) is 1. The fourth-order valence-electron chi connectivity index (χ4n) is 5.34. The zero-order chi connectivity index (χ0) is 32.2. The summed E-state index contributed by atoms with van der Waals surface area (Å²) in [6.45, 7) is 2.53. The summed E-state index contributed by atoms with van der Waals surface area (Å²) in [5.74, 6) is -2.29. The molecule has 1 atom stereocenters. The number of aryl methyl sites for hydroxylation is 1. The van der Waals surface area contributed by atoms with Gasteiger partial charge < -0.3 is 15.3 Å². The van der Waals surface area contributed by atoms with Crippen molar-refractivity contribution in [2.45, 2.75) is 25.2 Å². The van der Waals surface area contributed by atoms with Crippen molar-refractivity contribution in [3.8, 4) is 0 Å². The molecule has 0 aliphatic carbocycles. The average molecular weight is 627 g/mol. The van der Waals surface area contributed by atoms with Crippen molar-refractivity contribution in [3.63, 3.8) is 0 Å². The largest absolute Gasteiger partial charge is 0.418 e. The van der Waals surface area contributed by atoms with Crippen LogP contribution in [0.25, 0.3) is 6.08 Å². The molecule has 1 aliphatic rings. The van der Waals surface area contributed by atoms with Gasteiger partial charge in [-0.2, -0.15) is 18.3 Å². The van der Waals surface area contributed by atoms with Crippen molar-refractivity contribution in [2.75, 3.05) is 42.9 Å². The number of piperazine rings is 1. The molecule has 0 saturated carbocycles. The first kappa shape index (κ1) is 31.8. The Kier molecular flexibility index (Phi) is 9.30. The number of aliphatic hydroxyl groups is 1. The zero-order valence-corrected chi connectivity index (χ0v) is 24.3. The third-order valence-corrected chi connectivity index (χ3v) is 7.59. The van der Waals surface area contributed by atoms with Crippen LogP contribution >= 0.6 is 0 Å². The van der Waals surface area contributed by atoms with Crippen LogP contribution in [0.3, 0.4) is 0 Å². The van der Waals surface area contributed by atoms with E-state index in [1.165, 1.54) is 41.6 Å². The summed E-state index contributed by atoms with van der Waals surface area (Å²) in [4.78, 5) is 19.7. The molecule has 4 aromatic rings. The van der Waals surface area contributed by atoms with Gasteiger partial charge in [-0.1, -0.05) is 35.9 Å². The van der Waals surface area contributed by atoms with E-state index in [1.54, 1.807) is 15.9 Å². The van der Waals surface area contributed by atoms with Crippen molar-refractivity contribution in [3.05, 3.63) is 113 Å². The number of rotatable bonds is 9. The first-order valence-corrected chi connectivity index (χ1v) is 14.1. The molecular weight excluding hydrogens is 595 g/mol. The third-order valence-electron chi connectivity index (χ3n) is 7.59. The Morgan fingerprint density at radius 3 is 2.33 bits per heavy atom. The van der Waals surface area contributed by atoms with Gasteiger partial charge in [0, 0.05) is 61.8 Å². The van der Waals surface area contributed by atoms with Gasteiger partial charge in [-0.25, -0.2) is 18.4 Å². The monoisotopic (exact) mass is 626 g/mol. The molecule has 0 bridgehead atoms. The van der Waals surface area contributed by atoms with E-state index in [4.69, 9.17) is 0 Å². The molecule has 236 valence electrons. The van der Waals surface area contributed by atoms with Crippen LogP contribution in [-0.2, 0) is 23.1 Å². The van der Waals surface area contributed by atoms with Crippen LogP contribution in [0.15, 0.2) is 79.4 Å². The van der Waals surface area contributed by atoms with Crippen LogP contribution in [0.1, 0.15) is 22.3 Å². The summed E-state index contributed by atoms with van der Waals surface area (Å²) >= 11 is 0. The summed E-state index contributed by atoms with van der Waals surface area (Å²) < 4.78 is 72.3. The second-order valence-electron chi connectivity index (χ2n) is 11.0. The highest BCUT2D eigenvalue weighted by Gasteiger charge is 2.38. The van der Waals surface area contributed by atoms with Crippen molar-refractivity contribution in [1.29, 1.82) is 0 Å². The Morgan fingerprint density at radius 2 is 1.69 bits per heavy atom. The Bertz CT molecular complexity index is 1650. The predicted octanol–water partition coefficient (Wildman–Crippen LogP) is 5.25. The van der Waals surface area contributed by atoms with E-state index in [-0.39, 0.29) is 56.2 Å². The molecule has 13 heteroatoms. The average Bonchev–Trinajstić information content (AvgIpc) is 3.49. The summed E-state index contributed by atoms with van der Waals surface area (Å²) in [7, 11) is 0. The maximum atomic E-state index is 14.8. The number of β-amino-alcohol motifs (C(OH)–C–C–N with tert-alkyl or cyclic N) is 1. The van der Waals surface area contributed by atoms with Crippen molar-refractivity contribution < 1.29 is 31.9 Å². The molecule has 0 radical (unpaired) electrons. The quantitative estimate of drug-likeness (QED) is 0.195. The molecule has 5 rings (SSSR count). The summed E-state index contributed by atoms with van der Waals surface area (Å²) in [6, 6.07) is 14.0. The number of anilines is 2. The maximum Gasteiger partial charge on any atom is 0.418 e. The van der Waals surface area contributed by atoms with Gasteiger partial charge in [0.15, 0.2) is 0 Å². The van der Waals surface area contributed by atoms with Gasteiger partial charge in [0.2, 0.25) is 5.91 Å².